The number of hydrogen-bond acceptors (Lipinski definition) is 7. The van der Waals surface area contributed by atoms with E-state index in [9.17, 15) is 30.9 Å². The molecule has 1 aromatic rings. The van der Waals surface area contributed by atoms with E-state index in [1.54, 1.807) is 24.3 Å². The number of methoxy groups -OCH3 is 1. The zero-order valence-corrected chi connectivity index (χ0v) is 14.1. The maximum atomic E-state index is 12.2. The molecule has 0 amide bonds. The van der Waals surface area contributed by atoms with Crippen molar-refractivity contribution < 1.29 is 14.6 Å². The molecule has 1 atom stereocenters. The number of nitriles is 4. The molecule has 1 aromatic carbocycles. The molecular weight excluding hydrogens is 332 g/mol. The third-order valence-electron chi connectivity index (χ3n) is 4.70. The van der Waals surface area contributed by atoms with E-state index in [2.05, 4.69) is 0 Å². The van der Waals surface area contributed by atoms with E-state index < -0.39 is 34.7 Å². The first-order valence-corrected chi connectivity index (χ1v) is 7.58. The third kappa shape index (κ3) is 2.35. The molecule has 7 nitrogen and oxygen atoms in total. The van der Waals surface area contributed by atoms with Gasteiger partial charge in [0.05, 0.1) is 37.3 Å². The SMILES string of the molecule is COc1ccc([C@@H]2C(C(C)=O)=C(O)CC(C#N)(C#N)C2(C#N)C#N)cc1. The second-order valence-electron chi connectivity index (χ2n) is 5.96. The summed E-state index contributed by atoms with van der Waals surface area (Å²) in [5.41, 5.74) is -4.08. The number of carbonyl (C=O) groups is 1. The Bertz CT molecular complexity index is 921. The minimum Gasteiger partial charge on any atom is -0.512 e. The van der Waals surface area contributed by atoms with Crippen LogP contribution in [0.3, 0.4) is 0 Å². The molecule has 0 aromatic heterocycles. The molecule has 1 aliphatic rings. The molecule has 26 heavy (non-hydrogen) atoms. The van der Waals surface area contributed by atoms with Gasteiger partial charge in [0.1, 0.15) is 11.5 Å². The van der Waals surface area contributed by atoms with E-state index >= 15 is 0 Å². The highest BCUT2D eigenvalue weighted by Crippen LogP contribution is 2.58. The molecule has 2 rings (SSSR count). The maximum absolute atomic E-state index is 12.2. The average molecular weight is 346 g/mol. The van der Waals surface area contributed by atoms with Gasteiger partial charge in [-0.15, -0.1) is 0 Å². The van der Waals surface area contributed by atoms with Crippen molar-refractivity contribution >= 4 is 5.78 Å². The van der Waals surface area contributed by atoms with E-state index in [1.165, 1.54) is 26.2 Å². The number of aliphatic hydroxyl groups excluding tert-OH is 1. The zero-order valence-electron chi connectivity index (χ0n) is 14.1. The predicted octanol–water partition coefficient (Wildman–Crippen LogP) is 2.65. The van der Waals surface area contributed by atoms with Crippen molar-refractivity contribution in [2.24, 2.45) is 10.8 Å². The number of benzene rings is 1. The highest BCUT2D eigenvalue weighted by Gasteiger charge is 2.64. The van der Waals surface area contributed by atoms with Gasteiger partial charge >= 0.3 is 0 Å². The topological polar surface area (TPSA) is 142 Å². The second kappa shape index (κ2) is 6.60. The maximum Gasteiger partial charge on any atom is 0.186 e. The van der Waals surface area contributed by atoms with Gasteiger partial charge in [-0.3, -0.25) is 4.79 Å². The van der Waals surface area contributed by atoms with Crippen LogP contribution in [-0.4, -0.2) is 18.0 Å². The minimum atomic E-state index is -2.17. The summed E-state index contributed by atoms with van der Waals surface area (Å²) in [7, 11) is 1.47. The normalized spacial score (nSPS) is 20.0. The Kier molecular flexibility index (Phi) is 4.70. The van der Waals surface area contributed by atoms with Gasteiger partial charge in [0.15, 0.2) is 16.6 Å². The minimum absolute atomic E-state index is 0.139. The van der Waals surface area contributed by atoms with Crippen LogP contribution in [-0.2, 0) is 4.79 Å². The number of nitrogens with zero attached hydrogens (tertiary/aromatic N) is 4. The van der Waals surface area contributed by atoms with Crippen LogP contribution in [0.4, 0.5) is 0 Å². The van der Waals surface area contributed by atoms with E-state index in [0.717, 1.165) is 0 Å². The molecule has 0 unspecified atom stereocenters. The smallest absolute Gasteiger partial charge is 0.186 e. The van der Waals surface area contributed by atoms with Crippen molar-refractivity contribution in [3.8, 4) is 30.0 Å². The van der Waals surface area contributed by atoms with Gasteiger partial charge < -0.3 is 9.84 Å². The van der Waals surface area contributed by atoms with Crippen LogP contribution in [0, 0.1) is 56.2 Å². The van der Waals surface area contributed by atoms with Crippen LogP contribution in [0.15, 0.2) is 35.6 Å². The Morgan fingerprint density at radius 3 is 2.04 bits per heavy atom. The molecule has 0 saturated carbocycles. The van der Waals surface area contributed by atoms with Crippen LogP contribution >= 0.6 is 0 Å². The Morgan fingerprint density at radius 1 is 1.12 bits per heavy atom. The van der Waals surface area contributed by atoms with E-state index in [-0.39, 0.29) is 5.57 Å². The summed E-state index contributed by atoms with van der Waals surface area (Å²) in [4.78, 5) is 12.2. The lowest BCUT2D eigenvalue weighted by molar-refractivity contribution is -0.114. The molecule has 0 fully saturated rings. The number of rotatable bonds is 3. The molecule has 1 aliphatic carbocycles. The van der Waals surface area contributed by atoms with Gasteiger partial charge in [0, 0.05) is 12.0 Å². The van der Waals surface area contributed by atoms with Crippen LogP contribution in [0.25, 0.3) is 0 Å². The average Bonchev–Trinajstić information content (AvgIpc) is 2.66. The molecule has 0 saturated heterocycles. The number of ether oxygens (including phenoxy) is 1. The Balaban J connectivity index is 2.92. The Hall–Kier alpha value is -3.81. The predicted molar refractivity (Wildman–Crippen MR) is 88.0 cm³/mol. The molecular formula is C19H14N4O3. The highest BCUT2D eigenvalue weighted by molar-refractivity contribution is 5.96. The monoisotopic (exact) mass is 346 g/mol. The van der Waals surface area contributed by atoms with Crippen LogP contribution < -0.4 is 4.74 Å². The van der Waals surface area contributed by atoms with Crippen molar-refractivity contribution in [1.82, 2.24) is 0 Å². The first kappa shape index (κ1) is 18.5. The molecule has 1 N–H and O–H groups in total. The highest BCUT2D eigenvalue weighted by atomic mass is 16.5. The van der Waals surface area contributed by atoms with Gasteiger partial charge in [-0.1, -0.05) is 12.1 Å². The first-order chi connectivity index (χ1) is 12.4. The number of carbonyl (C=O) groups excluding carboxylic acids is 1. The van der Waals surface area contributed by atoms with Gasteiger partial charge in [0.25, 0.3) is 0 Å². The van der Waals surface area contributed by atoms with Gasteiger partial charge in [-0.25, -0.2) is 0 Å². The zero-order chi connectivity index (χ0) is 19.5. The van der Waals surface area contributed by atoms with Crippen molar-refractivity contribution in [2.75, 3.05) is 7.11 Å². The number of allylic oxidation sites excluding steroid dienone is 2. The molecule has 0 aliphatic heterocycles. The van der Waals surface area contributed by atoms with Crippen LogP contribution in [0.5, 0.6) is 5.75 Å². The number of ketones is 1. The van der Waals surface area contributed by atoms with E-state index in [1.807, 2.05) is 12.1 Å². The number of aliphatic hydroxyl groups is 1. The summed E-state index contributed by atoms with van der Waals surface area (Å²) in [6.07, 6.45) is -0.567. The molecule has 128 valence electrons. The molecule has 0 radical (unpaired) electrons. The number of hydrogen-bond donors (Lipinski definition) is 1. The fraction of sp³-hybridized carbons (Fsp3) is 0.316. The Morgan fingerprint density at radius 2 is 1.65 bits per heavy atom. The summed E-state index contributed by atoms with van der Waals surface area (Å²) in [6.45, 7) is 1.20. The van der Waals surface area contributed by atoms with Crippen molar-refractivity contribution in [2.45, 2.75) is 19.3 Å². The fourth-order valence-corrected chi connectivity index (χ4v) is 3.36. The molecule has 0 heterocycles. The quantitative estimate of drug-likeness (QED) is 0.886. The van der Waals surface area contributed by atoms with Crippen molar-refractivity contribution in [3.05, 3.63) is 41.2 Å². The number of Topliss-reactive ketones (excluding diaryl/α,β-unsaturated/α-hetero) is 1. The molecule has 0 bridgehead atoms. The summed E-state index contributed by atoms with van der Waals surface area (Å²) >= 11 is 0. The Labute approximate surface area is 150 Å². The lowest BCUT2D eigenvalue weighted by Crippen LogP contribution is -2.48. The fourth-order valence-electron chi connectivity index (χ4n) is 3.36. The van der Waals surface area contributed by atoms with Gasteiger partial charge in [-0.05, 0) is 24.6 Å². The standard InChI is InChI=1S/C19H14N4O3/c1-12(24)16-15(25)7-18(8-20,9-21)19(10-22,11-23)17(16)13-3-5-14(26-2)6-4-13/h3-6,17,25H,7H2,1-2H3/t17-/m1/s1. The lowest BCUT2D eigenvalue weighted by Gasteiger charge is -2.42. The van der Waals surface area contributed by atoms with Crippen molar-refractivity contribution in [1.29, 1.82) is 21.0 Å². The van der Waals surface area contributed by atoms with E-state index in [0.29, 0.717) is 11.3 Å². The van der Waals surface area contributed by atoms with Crippen molar-refractivity contribution in [3.63, 3.8) is 0 Å². The lowest BCUT2D eigenvalue weighted by atomic mass is 9.51. The second-order valence-corrected chi connectivity index (χ2v) is 5.96. The van der Waals surface area contributed by atoms with Crippen LogP contribution in [0.2, 0.25) is 0 Å². The third-order valence-corrected chi connectivity index (χ3v) is 4.70. The van der Waals surface area contributed by atoms with Gasteiger partial charge in [0.2, 0.25) is 0 Å². The summed E-state index contributed by atoms with van der Waals surface area (Å²) in [5.74, 6) is -1.74. The largest absolute Gasteiger partial charge is 0.512 e. The summed E-state index contributed by atoms with van der Waals surface area (Å²) in [5, 5.41) is 49.3. The summed E-state index contributed by atoms with van der Waals surface area (Å²) < 4.78 is 5.08. The summed E-state index contributed by atoms with van der Waals surface area (Å²) in [6, 6.07) is 13.3. The first-order valence-electron chi connectivity index (χ1n) is 7.58. The molecule has 7 heteroatoms. The molecule has 0 spiro atoms. The van der Waals surface area contributed by atoms with Gasteiger partial charge in [-0.2, -0.15) is 21.0 Å². The van der Waals surface area contributed by atoms with E-state index in [4.69, 9.17) is 4.74 Å². The van der Waals surface area contributed by atoms with Crippen LogP contribution in [0.1, 0.15) is 24.8 Å².